The van der Waals surface area contributed by atoms with Gasteiger partial charge in [0.25, 0.3) is 0 Å². The van der Waals surface area contributed by atoms with E-state index in [1.807, 2.05) is 43.3 Å². The number of nitrogens with one attached hydrogen (secondary N) is 1. The summed E-state index contributed by atoms with van der Waals surface area (Å²) < 4.78 is 26.9. The fourth-order valence-corrected chi connectivity index (χ4v) is 3.50. The summed E-state index contributed by atoms with van der Waals surface area (Å²) in [6.07, 6.45) is 3.86. The second-order valence-corrected chi connectivity index (χ2v) is 7.73. The predicted octanol–water partition coefficient (Wildman–Crippen LogP) is 2.48. The molecule has 0 spiro atoms. The van der Waals surface area contributed by atoms with Gasteiger partial charge < -0.3 is 4.90 Å². The molecule has 6 nitrogen and oxygen atoms in total. The molecule has 0 radical (unpaired) electrons. The minimum absolute atomic E-state index is 0.145. The Kier molecular flexibility index (Phi) is 5.45. The van der Waals surface area contributed by atoms with Crippen molar-refractivity contribution in [3.63, 3.8) is 0 Å². The molecule has 132 valence electrons. The van der Waals surface area contributed by atoms with Gasteiger partial charge in [-0.05, 0) is 37.5 Å². The second-order valence-electron chi connectivity index (χ2n) is 6.07. The molecule has 0 unspecified atom stereocenters. The molecule has 3 rings (SSSR count). The maximum atomic E-state index is 12.2. The van der Waals surface area contributed by atoms with Gasteiger partial charge in [-0.25, -0.2) is 23.1 Å². The lowest BCUT2D eigenvalue weighted by Gasteiger charge is -2.16. The van der Waals surface area contributed by atoms with E-state index >= 15 is 0 Å². The summed E-state index contributed by atoms with van der Waals surface area (Å²) in [5.41, 5.74) is 2.35. The molecule has 1 aromatic carbocycles. The molecular formula is C18H22N4O2S. The van der Waals surface area contributed by atoms with E-state index in [2.05, 4.69) is 19.6 Å². The number of aryl methyl sites for hydroxylation is 1. The number of nitrogens with zero attached hydrogens (tertiary/aromatic N) is 3. The molecule has 1 saturated heterocycles. The number of hydrogen-bond donors (Lipinski definition) is 1. The van der Waals surface area contributed by atoms with Gasteiger partial charge in [-0.1, -0.05) is 30.3 Å². The molecule has 7 heteroatoms. The first-order valence-electron chi connectivity index (χ1n) is 8.34. The van der Waals surface area contributed by atoms with Crippen LogP contribution in [-0.4, -0.2) is 31.5 Å². The fraction of sp³-hybridized carbons (Fsp3) is 0.333. The van der Waals surface area contributed by atoms with Crippen LogP contribution in [0.2, 0.25) is 0 Å². The van der Waals surface area contributed by atoms with Gasteiger partial charge >= 0.3 is 0 Å². The zero-order valence-corrected chi connectivity index (χ0v) is 15.0. The summed E-state index contributed by atoms with van der Waals surface area (Å²) in [6, 6.07) is 11.1. The van der Waals surface area contributed by atoms with Gasteiger partial charge in [0, 0.05) is 24.2 Å². The average Bonchev–Trinajstić information content (AvgIpc) is 3.14. The lowest BCUT2D eigenvalue weighted by molar-refractivity contribution is 0.589. The van der Waals surface area contributed by atoms with Crippen LogP contribution in [0.5, 0.6) is 0 Å². The first kappa shape index (κ1) is 17.6. The number of anilines is 1. The molecule has 0 amide bonds. The van der Waals surface area contributed by atoms with Gasteiger partial charge in [0.2, 0.25) is 16.0 Å². The molecule has 1 aliphatic rings. The number of sulfonamides is 1. The van der Waals surface area contributed by atoms with Crippen LogP contribution < -0.4 is 9.62 Å². The topological polar surface area (TPSA) is 75.2 Å². The first-order chi connectivity index (χ1) is 12.0. The van der Waals surface area contributed by atoms with E-state index in [9.17, 15) is 8.42 Å². The summed E-state index contributed by atoms with van der Waals surface area (Å²) >= 11 is 0. The van der Waals surface area contributed by atoms with Gasteiger partial charge in [0.15, 0.2) is 0 Å². The van der Waals surface area contributed by atoms with Crippen molar-refractivity contribution >= 4 is 22.0 Å². The molecule has 2 heterocycles. The highest BCUT2D eigenvalue weighted by Gasteiger charge is 2.16. The highest BCUT2D eigenvalue weighted by Crippen LogP contribution is 2.16. The lowest BCUT2D eigenvalue weighted by Crippen LogP contribution is -2.24. The van der Waals surface area contributed by atoms with Crippen LogP contribution in [0.1, 0.15) is 29.8 Å². The molecule has 1 fully saturated rings. The molecule has 0 atom stereocenters. The molecular weight excluding hydrogens is 336 g/mol. The number of rotatable bonds is 6. The Hall–Kier alpha value is -2.25. The second kappa shape index (κ2) is 7.76. The van der Waals surface area contributed by atoms with Gasteiger partial charge in [-0.2, -0.15) is 0 Å². The van der Waals surface area contributed by atoms with Crippen LogP contribution in [0.15, 0.2) is 41.8 Å². The smallest absolute Gasteiger partial charge is 0.234 e. The average molecular weight is 358 g/mol. The Morgan fingerprint density at radius 3 is 2.60 bits per heavy atom. The normalized spacial score (nSPS) is 15.2. The Bertz CT molecular complexity index is 845. The third-order valence-corrected chi connectivity index (χ3v) is 5.02. The quantitative estimate of drug-likeness (QED) is 0.859. The minimum atomic E-state index is -3.53. The Morgan fingerprint density at radius 1 is 1.16 bits per heavy atom. The summed E-state index contributed by atoms with van der Waals surface area (Å²) in [7, 11) is -3.53. The Balaban J connectivity index is 1.67. The van der Waals surface area contributed by atoms with E-state index < -0.39 is 10.0 Å². The summed E-state index contributed by atoms with van der Waals surface area (Å²) in [6.45, 7) is 3.95. The molecule has 1 N–H and O–H groups in total. The highest BCUT2D eigenvalue weighted by atomic mass is 32.2. The van der Waals surface area contributed by atoms with E-state index in [1.54, 1.807) is 6.08 Å². The van der Waals surface area contributed by atoms with E-state index in [4.69, 9.17) is 0 Å². The third kappa shape index (κ3) is 5.11. The third-order valence-electron chi connectivity index (χ3n) is 3.98. The van der Waals surface area contributed by atoms with Crippen LogP contribution in [0, 0.1) is 6.92 Å². The van der Waals surface area contributed by atoms with E-state index in [1.165, 1.54) is 5.41 Å². The van der Waals surface area contributed by atoms with Gasteiger partial charge in [-0.15, -0.1) is 0 Å². The van der Waals surface area contributed by atoms with Crippen LogP contribution >= 0.6 is 0 Å². The molecule has 0 bridgehead atoms. The number of hydrogen-bond acceptors (Lipinski definition) is 5. The summed E-state index contributed by atoms with van der Waals surface area (Å²) in [5.74, 6) is 0.687. The van der Waals surface area contributed by atoms with Crippen molar-refractivity contribution in [3.05, 3.63) is 58.8 Å². The van der Waals surface area contributed by atoms with Crippen molar-refractivity contribution in [1.82, 2.24) is 14.7 Å². The van der Waals surface area contributed by atoms with Crippen LogP contribution in [0.3, 0.4) is 0 Å². The van der Waals surface area contributed by atoms with Crippen molar-refractivity contribution in [2.24, 2.45) is 0 Å². The maximum Gasteiger partial charge on any atom is 0.234 e. The molecule has 2 aromatic rings. The zero-order valence-electron chi connectivity index (χ0n) is 14.2. The van der Waals surface area contributed by atoms with Gasteiger partial charge in [0.1, 0.15) is 0 Å². The first-order valence-corrected chi connectivity index (χ1v) is 9.89. The van der Waals surface area contributed by atoms with E-state index in [-0.39, 0.29) is 6.54 Å². The largest absolute Gasteiger partial charge is 0.341 e. The lowest BCUT2D eigenvalue weighted by atomic mass is 10.2. The monoisotopic (exact) mass is 358 g/mol. The summed E-state index contributed by atoms with van der Waals surface area (Å²) in [5, 5.41) is 1.18. The van der Waals surface area contributed by atoms with Crippen molar-refractivity contribution in [2.45, 2.75) is 26.3 Å². The van der Waals surface area contributed by atoms with Gasteiger partial charge in [-0.3, -0.25) is 0 Å². The SMILES string of the molecule is Cc1cc(CNS(=O)(=O)/C=C/c2ccccc2)nc(N2CCCC2)n1. The van der Waals surface area contributed by atoms with Crippen molar-refractivity contribution in [2.75, 3.05) is 18.0 Å². The van der Waals surface area contributed by atoms with Crippen molar-refractivity contribution in [3.8, 4) is 0 Å². The maximum absolute atomic E-state index is 12.2. The fourth-order valence-electron chi connectivity index (χ4n) is 2.72. The Morgan fingerprint density at radius 2 is 1.88 bits per heavy atom. The highest BCUT2D eigenvalue weighted by molar-refractivity contribution is 7.92. The number of aromatic nitrogens is 2. The zero-order chi connectivity index (χ0) is 17.7. The van der Waals surface area contributed by atoms with E-state index in [0.717, 1.165) is 37.2 Å². The predicted molar refractivity (Wildman–Crippen MR) is 99.5 cm³/mol. The molecule has 0 saturated carbocycles. The molecule has 25 heavy (non-hydrogen) atoms. The molecule has 0 aliphatic carbocycles. The minimum Gasteiger partial charge on any atom is -0.341 e. The number of benzene rings is 1. The van der Waals surface area contributed by atoms with Crippen LogP contribution in [0.25, 0.3) is 6.08 Å². The Labute approximate surface area is 148 Å². The molecule has 1 aromatic heterocycles. The van der Waals surface area contributed by atoms with Crippen molar-refractivity contribution < 1.29 is 8.42 Å². The standard InChI is InChI=1S/C18H22N4O2S/c1-15-13-17(21-18(20-15)22-10-5-6-11-22)14-19-25(23,24)12-9-16-7-3-2-4-8-16/h2-4,7-9,12-13,19H,5-6,10-11,14H2,1H3/b12-9+. The van der Waals surface area contributed by atoms with Gasteiger partial charge in [0.05, 0.1) is 12.2 Å². The van der Waals surface area contributed by atoms with Crippen molar-refractivity contribution in [1.29, 1.82) is 0 Å². The van der Waals surface area contributed by atoms with E-state index in [0.29, 0.717) is 11.6 Å². The van der Waals surface area contributed by atoms with Crippen LogP contribution in [0.4, 0.5) is 5.95 Å². The van der Waals surface area contributed by atoms with Crippen LogP contribution in [-0.2, 0) is 16.6 Å². The summed E-state index contributed by atoms with van der Waals surface area (Å²) in [4.78, 5) is 11.1. The molecule has 1 aliphatic heterocycles.